The monoisotopic (exact) mass is 353 g/mol. The van der Waals surface area contributed by atoms with Crippen molar-refractivity contribution in [2.45, 2.75) is 13.0 Å². The van der Waals surface area contributed by atoms with Crippen molar-refractivity contribution in [3.8, 4) is 5.75 Å². The van der Waals surface area contributed by atoms with E-state index in [1.165, 1.54) is 7.11 Å². The van der Waals surface area contributed by atoms with Crippen LogP contribution in [0.1, 0.15) is 22.7 Å². The van der Waals surface area contributed by atoms with Crippen LogP contribution in [-0.4, -0.2) is 25.5 Å². The molecule has 0 radical (unpaired) electrons. The number of nitrogens with one attached hydrogen (secondary N) is 1. The van der Waals surface area contributed by atoms with Gasteiger partial charge in [-0.05, 0) is 35.0 Å². The standard InChI is InChI=1S/C20H19NO5/c1-24-19(22)10-11-21-20(23)18-9-8-17(26-18)13-25-16-7-6-14-4-2-3-5-15(14)12-16/h2-9,12H,10-11,13H2,1H3,(H,21,23). The number of hydrogen-bond donors (Lipinski definition) is 1. The maximum absolute atomic E-state index is 12.0. The fraction of sp³-hybridized carbons (Fsp3) is 0.200. The number of amides is 1. The molecule has 134 valence electrons. The Morgan fingerprint density at radius 2 is 1.85 bits per heavy atom. The molecule has 2 aromatic carbocycles. The van der Waals surface area contributed by atoms with Gasteiger partial charge in [0.25, 0.3) is 5.91 Å². The molecule has 0 saturated carbocycles. The lowest BCUT2D eigenvalue weighted by atomic mass is 10.1. The summed E-state index contributed by atoms with van der Waals surface area (Å²) in [4.78, 5) is 23.0. The Morgan fingerprint density at radius 1 is 1.04 bits per heavy atom. The van der Waals surface area contributed by atoms with Crippen LogP contribution in [0.5, 0.6) is 5.75 Å². The van der Waals surface area contributed by atoms with Gasteiger partial charge in [0.1, 0.15) is 18.1 Å². The maximum Gasteiger partial charge on any atom is 0.307 e. The highest BCUT2D eigenvalue weighted by Crippen LogP contribution is 2.21. The maximum atomic E-state index is 12.0. The molecule has 0 atom stereocenters. The van der Waals surface area contributed by atoms with E-state index >= 15 is 0 Å². The predicted molar refractivity (Wildman–Crippen MR) is 96.0 cm³/mol. The molecule has 0 saturated heterocycles. The first kappa shape index (κ1) is 17.5. The van der Waals surface area contributed by atoms with Crippen LogP contribution < -0.4 is 10.1 Å². The lowest BCUT2D eigenvalue weighted by Gasteiger charge is -2.06. The van der Waals surface area contributed by atoms with E-state index in [2.05, 4.69) is 10.1 Å². The molecule has 0 unspecified atom stereocenters. The number of esters is 1. The lowest BCUT2D eigenvalue weighted by Crippen LogP contribution is -2.25. The minimum absolute atomic E-state index is 0.112. The number of furan rings is 1. The van der Waals surface area contributed by atoms with Gasteiger partial charge in [0.15, 0.2) is 5.76 Å². The van der Waals surface area contributed by atoms with Crippen molar-refractivity contribution in [2.75, 3.05) is 13.7 Å². The summed E-state index contributed by atoms with van der Waals surface area (Å²) >= 11 is 0. The highest BCUT2D eigenvalue weighted by Gasteiger charge is 2.12. The van der Waals surface area contributed by atoms with Gasteiger partial charge in [0.2, 0.25) is 0 Å². The van der Waals surface area contributed by atoms with Gasteiger partial charge >= 0.3 is 5.97 Å². The van der Waals surface area contributed by atoms with Crippen molar-refractivity contribution in [1.82, 2.24) is 5.32 Å². The number of rotatable bonds is 7. The summed E-state index contributed by atoms with van der Waals surface area (Å²) in [6.07, 6.45) is 0.112. The zero-order valence-electron chi connectivity index (χ0n) is 14.4. The van der Waals surface area contributed by atoms with E-state index in [1.54, 1.807) is 12.1 Å². The Morgan fingerprint density at radius 3 is 2.65 bits per heavy atom. The van der Waals surface area contributed by atoms with Crippen molar-refractivity contribution in [3.63, 3.8) is 0 Å². The molecule has 0 aliphatic rings. The van der Waals surface area contributed by atoms with Gasteiger partial charge in [-0.2, -0.15) is 0 Å². The predicted octanol–water partition coefficient (Wildman–Crippen LogP) is 3.30. The second-order valence-corrected chi connectivity index (χ2v) is 5.65. The number of hydrogen-bond acceptors (Lipinski definition) is 5. The number of ether oxygens (including phenoxy) is 2. The second-order valence-electron chi connectivity index (χ2n) is 5.65. The molecule has 0 aliphatic carbocycles. The Hall–Kier alpha value is -3.28. The summed E-state index contributed by atoms with van der Waals surface area (Å²) in [6, 6.07) is 17.1. The molecule has 26 heavy (non-hydrogen) atoms. The van der Waals surface area contributed by atoms with Crippen LogP contribution in [0.25, 0.3) is 10.8 Å². The molecule has 6 heteroatoms. The SMILES string of the molecule is COC(=O)CCNC(=O)c1ccc(COc2ccc3ccccc3c2)o1. The number of benzene rings is 2. The van der Waals surface area contributed by atoms with Crippen molar-refractivity contribution in [2.24, 2.45) is 0 Å². The molecular weight excluding hydrogens is 334 g/mol. The highest BCUT2D eigenvalue weighted by atomic mass is 16.5. The molecule has 0 fully saturated rings. The van der Waals surface area contributed by atoms with Crippen molar-refractivity contribution >= 4 is 22.6 Å². The van der Waals surface area contributed by atoms with Crippen LogP contribution in [0.3, 0.4) is 0 Å². The third-order valence-corrected chi connectivity index (χ3v) is 3.83. The molecule has 1 N–H and O–H groups in total. The van der Waals surface area contributed by atoms with Gasteiger partial charge in [-0.1, -0.05) is 30.3 Å². The molecule has 1 aromatic heterocycles. The summed E-state index contributed by atoms with van der Waals surface area (Å²) in [6.45, 7) is 0.406. The number of methoxy groups -OCH3 is 1. The lowest BCUT2D eigenvalue weighted by molar-refractivity contribution is -0.140. The fourth-order valence-corrected chi connectivity index (χ4v) is 2.46. The Bertz CT molecular complexity index is 915. The largest absolute Gasteiger partial charge is 0.486 e. The smallest absolute Gasteiger partial charge is 0.307 e. The zero-order valence-corrected chi connectivity index (χ0v) is 14.4. The minimum atomic E-state index is -0.383. The summed E-state index contributed by atoms with van der Waals surface area (Å²) in [5.41, 5.74) is 0. The molecule has 0 aliphatic heterocycles. The van der Waals surface area contributed by atoms with E-state index in [1.807, 2.05) is 42.5 Å². The summed E-state index contributed by atoms with van der Waals surface area (Å²) in [7, 11) is 1.30. The molecule has 0 spiro atoms. The van der Waals surface area contributed by atoms with Gasteiger partial charge in [-0.3, -0.25) is 9.59 Å². The number of fused-ring (bicyclic) bond motifs is 1. The topological polar surface area (TPSA) is 77.8 Å². The van der Waals surface area contributed by atoms with Gasteiger partial charge < -0.3 is 19.2 Å². The second kappa shape index (κ2) is 8.20. The van der Waals surface area contributed by atoms with Crippen LogP contribution >= 0.6 is 0 Å². The molecule has 3 rings (SSSR count). The first-order valence-electron chi connectivity index (χ1n) is 8.21. The van der Waals surface area contributed by atoms with E-state index in [-0.39, 0.29) is 37.2 Å². The van der Waals surface area contributed by atoms with Crippen LogP contribution in [0.2, 0.25) is 0 Å². The molecule has 1 heterocycles. The number of carbonyl (C=O) groups is 2. The van der Waals surface area contributed by atoms with Crippen molar-refractivity contribution in [1.29, 1.82) is 0 Å². The zero-order chi connectivity index (χ0) is 18.4. The van der Waals surface area contributed by atoms with Crippen molar-refractivity contribution < 1.29 is 23.5 Å². The van der Waals surface area contributed by atoms with Crippen LogP contribution in [0.15, 0.2) is 59.0 Å². The molecule has 0 bridgehead atoms. The van der Waals surface area contributed by atoms with Gasteiger partial charge in [0, 0.05) is 6.54 Å². The first-order valence-corrected chi connectivity index (χ1v) is 8.21. The molecule has 3 aromatic rings. The Kier molecular flexibility index (Phi) is 5.53. The van der Waals surface area contributed by atoms with Crippen LogP contribution in [0, 0.1) is 0 Å². The fourth-order valence-electron chi connectivity index (χ4n) is 2.46. The quantitative estimate of drug-likeness (QED) is 0.660. The van der Waals surface area contributed by atoms with E-state index in [4.69, 9.17) is 9.15 Å². The summed E-state index contributed by atoms with van der Waals surface area (Å²) in [5.74, 6) is 0.674. The van der Waals surface area contributed by atoms with Gasteiger partial charge in [-0.25, -0.2) is 0 Å². The molecule has 6 nitrogen and oxygen atoms in total. The van der Waals surface area contributed by atoms with E-state index in [0.717, 1.165) is 16.5 Å². The third kappa shape index (κ3) is 4.42. The first-order chi connectivity index (χ1) is 12.7. The van der Waals surface area contributed by atoms with E-state index in [9.17, 15) is 9.59 Å². The molecular formula is C20H19NO5. The van der Waals surface area contributed by atoms with Crippen molar-refractivity contribution in [3.05, 3.63) is 66.1 Å². The third-order valence-electron chi connectivity index (χ3n) is 3.83. The van der Waals surface area contributed by atoms with Crippen LogP contribution in [0.4, 0.5) is 0 Å². The normalized spacial score (nSPS) is 10.5. The Balaban J connectivity index is 1.54. The highest BCUT2D eigenvalue weighted by molar-refractivity contribution is 5.91. The average molecular weight is 353 g/mol. The van der Waals surface area contributed by atoms with E-state index in [0.29, 0.717) is 5.76 Å². The summed E-state index contributed by atoms with van der Waals surface area (Å²) < 4.78 is 15.7. The Labute approximate surface area is 150 Å². The summed E-state index contributed by atoms with van der Waals surface area (Å²) in [5, 5.41) is 4.83. The number of carbonyl (C=O) groups excluding carboxylic acids is 2. The van der Waals surface area contributed by atoms with Crippen LogP contribution in [-0.2, 0) is 16.1 Å². The molecule has 1 amide bonds. The average Bonchev–Trinajstić information content (AvgIpc) is 3.15. The minimum Gasteiger partial charge on any atom is -0.486 e. The van der Waals surface area contributed by atoms with Gasteiger partial charge in [0.05, 0.1) is 13.5 Å². The van der Waals surface area contributed by atoms with Gasteiger partial charge in [-0.15, -0.1) is 0 Å². The van der Waals surface area contributed by atoms with E-state index < -0.39 is 0 Å².